The molecule has 0 amide bonds. The average molecular weight is 450 g/mol. The molecule has 176 valence electrons. The van der Waals surface area contributed by atoms with Crippen LogP contribution in [0.3, 0.4) is 0 Å². The normalized spacial score (nSPS) is 30.7. The number of aromatic nitrogens is 4. The first-order chi connectivity index (χ1) is 15.1. The molecule has 2 aromatic heterocycles. The van der Waals surface area contributed by atoms with E-state index in [-0.39, 0.29) is 24.5 Å². The number of aliphatic hydroxyl groups excluding tert-OH is 3. The Bertz CT molecular complexity index is 960. The number of hydrogen-bond acceptors (Lipinski definition) is 10. The van der Waals surface area contributed by atoms with Crippen molar-refractivity contribution in [1.29, 1.82) is 0 Å². The van der Waals surface area contributed by atoms with Crippen molar-refractivity contribution in [1.82, 2.24) is 19.5 Å². The lowest BCUT2D eigenvalue weighted by Gasteiger charge is -2.19. The number of esters is 1. The van der Waals surface area contributed by atoms with Crippen molar-refractivity contribution in [2.75, 3.05) is 11.9 Å². The summed E-state index contributed by atoms with van der Waals surface area (Å²) in [5.74, 6) is 0.0947. The molecule has 0 aromatic carbocycles. The van der Waals surface area contributed by atoms with E-state index in [1.165, 1.54) is 17.2 Å². The third-order valence-corrected chi connectivity index (χ3v) is 5.85. The molecule has 0 bridgehead atoms. The maximum Gasteiger partial charge on any atom is 0.306 e. The number of rotatable bonds is 6. The van der Waals surface area contributed by atoms with Gasteiger partial charge in [0.2, 0.25) is 0 Å². The van der Waals surface area contributed by atoms with Gasteiger partial charge in [0.1, 0.15) is 31.2 Å². The number of carbonyl (C=O) groups excluding carboxylic acids is 1. The Kier molecular flexibility index (Phi) is 6.35. The van der Waals surface area contributed by atoms with Gasteiger partial charge in [0.15, 0.2) is 23.2 Å². The topological polar surface area (TPSA) is 152 Å². The zero-order chi connectivity index (χ0) is 23.0. The summed E-state index contributed by atoms with van der Waals surface area (Å²) in [7, 11) is 0. The Morgan fingerprint density at radius 3 is 2.69 bits per heavy atom. The molecule has 1 aliphatic carbocycles. The molecule has 4 N–H and O–H groups in total. The molecular formula is C21H31N5O6. The van der Waals surface area contributed by atoms with Crippen LogP contribution >= 0.6 is 0 Å². The van der Waals surface area contributed by atoms with E-state index < -0.39 is 36.6 Å². The molecule has 11 heteroatoms. The Hall–Kier alpha value is -2.34. The zero-order valence-electron chi connectivity index (χ0n) is 18.5. The van der Waals surface area contributed by atoms with Gasteiger partial charge in [-0.25, -0.2) is 15.0 Å². The van der Waals surface area contributed by atoms with Gasteiger partial charge < -0.3 is 30.1 Å². The van der Waals surface area contributed by atoms with E-state index in [4.69, 9.17) is 9.47 Å². The highest BCUT2D eigenvalue weighted by atomic mass is 16.6. The maximum absolute atomic E-state index is 12.0. The molecule has 4 rings (SSSR count). The van der Waals surface area contributed by atoms with Gasteiger partial charge in [-0.1, -0.05) is 20.8 Å². The molecule has 1 saturated carbocycles. The average Bonchev–Trinajstić information content (AvgIpc) is 3.39. The molecule has 0 radical (unpaired) electrons. The predicted molar refractivity (Wildman–Crippen MR) is 114 cm³/mol. The van der Waals surface area contributed by atoms with Crippen molar-refractivity contribution in [2.24, 2.45) is 5.41 Å². The second kappa shape index (κ2) is 8.89. The van der Waals surface area contributed by atoms with Gasteiger partial charge in [-0.15, -0.1) is 0 Å². The second-order valence-corrected chi connectivity index (χ2v) is 9.76. The van der Waals surface area contributed by atoms with Crippen LogP contribution in [0.5, 0.6) is 0 Å². The van der Waals surface area contributed by atoms with Crippen LogP contribution in [-0.4, -0.2) is 77.9 Å². The van der Waals surface area contributed by atoms with Crippen LogP contribution in [0.2, 0.25) is 0 Å². The van der Waals surface area contributed by atoms with Gasteiger partial charge in [0.05, 0.1) is 24.9 Å². The number of hydrogen-bond donors (Lipinski definition) is 4. The Balaban J connectivity index is 1.48. The fraction of sp³-hybridized carbons (Fsp3) is 0.714. The summed E-state index contributed by atoms with van der Waals surface area (Å²) < 4.78 is 12.6. The molecule has 0 spiro atoms. The monoisotopic (exact) mass is 449 g/mol. The number of carbonyl (C=O) groups is 1. The van der Waals surface area contributed by atoms with Gasteiger partial charge in [-0.3, -0.25) is 9.36 Å². The first-order valence-corrected chi connectivity index (χ1v) is 10.9. The Labute approximate surface area is 185 Å². The predicted octanol–water partition coefficient (Wildman–Crippen LogP) is 0.750. The molecule has 1 aliphatic heterocycles. The maximum atomic E-state index is 12.0. The molecular weight excluding hydrogens is 418 g/mol. The second-order valence-electron chi connectivity index (χ2n) is 9.76. The van der Waals surface area contributed by atoms with E-state index >= 15 is 0 Å². The molecule has 3 unspecified atom stereocenters. The van der Waals surface area contributed by atoms with E-state index in [2.05, 4.69) is 20.3 Å². The lowest BCUT2D eigenvalue weighted by molar-refractivity contribution is -0.152. The minimum Gasteiger partial charge on any atom is -0.463 e. The summed E-state index contributed by atoms with van der Waals surface area (Å²) in [5.41, 5.74) is 0.665. The van der Waals surface area contributed by atoms with Crippen molar-refractivity contribution in [2.45, 2.75) is 83.1 Å². The van der Waals surface area contributed by atoms with E-state index in [0.717, 1.165) is 19.3 Å². The van der Waals surface area contributed by atoms with Gasteiger partial charge >= 0.3 is 5.97 Å². The summed E-state index contributed by atoms with van der Waals surface area (Å²) in [6, 6.07) is -0.111. The van der Waals surface area contributed by atoms with E-state index in [0.29, 0.717) is 17.0 Å². The van der Waals surface area contributed by atoms with Crippen LogP contribution in [0.4, 0.5) is 5.82 Å². The van der Waals surface area contributed by atoms with E-state index in [1.807, 2.05) is 20.8 Å². The van der Waals surface area contributed by atoms with Crippen LogP contribution in [-0.2, 0) is 14.3 Å². The molecule has 1 saturated heterocycles. The zero-order valence-corrected chi connectivity index (χ0v) is 18.5. The summed E-state index contributed by atoms with van der Waals surface area (Å²) in [4.78, 5) is 24.9. The highest BCUT2D eigenvalue weighted by Gasteiger charge is 2.45. The van der Waals surface area contributed by atoms with Crippen LogP contribution in [0.25, 0.3) is 11.2 Å². The largest absolute Gasteiger partial charge is 0.463 e. The van der Waals surface area contributed by atoms with Crippen molar-refractivity contribution in [3.63, 3.8) is 0 Å². The number of ether oxygens (including phenoxy) is 2. The SMILES string of the molecule is CC(C)(C)CC(=O)OCC1OC(n2cnc3c(N[C@@H]4CCCC4O)ncnc32)[C@H](O)[C@@H]1O. The first kappa shape index (κ1) is 22.8. The summed E-state index contributed by atoms with van der Waals surface area (Å²) in [6.45, 7) is 5.62. The van der Waals surface area contributed by atoms with Crippen LogP contribution in [0.1, 0.15) is 52.7 Å². The van der Waals surface area contributed by atoms with Gasteiger partial charge in [-0.05, 0) is 24.7 Å². The molecule has 2 fully saturated rings. The summed E-state index contributed by atoms with van der Waals surface area (Å²) in [5, 5.41) is 34.4. The number of fused-ring (bicyclic) bond motifs is 1. The number of aliphatic hydroxyl groups is 3. The fourth-order valence-corrected chi connectivity index (χ4v) is 4.18. The molecule has 11 nitrogen and oxygen atoms in total. The first-order valence-electron chi connectivity index (χ1n) is 10.9. The number of nitrogens with one attached hydrogen (secondary N) is 1. The van der Waals surface area contributed by atoms with Crippen molar-refractivity contribution >= 4 is 23.0 Å². The smallest absolute Gasteiger partial charge is 0.306 e. The van der Waals surface area contributed by atoms with Crippen molar-refractivity contribution in [3.05, 3.63) is 12.7 Å². The third-order valence-electron chi connectivity index (χ3n) is 5.85. The quantitative estimate of drug-likeness (QED) is 0.465. The van der Waals surface area contributed by atoms with Gasteiger partial charge in [-0.2, -0.15) is 0 Å². The third kappa shape index (κ3) is 4.70. The van der Waals surface area contributed by atoms with Crippen LogP contribution < -0.4 is 5.32 Å². The Morgan fingerprint density at radius 1 is 1.22 bits per heavy atom. The van der Waals surface area contributed by atoms with Gasteiger partial charge in [0, 0.05) is 0 Å². The number of anilines is 1. The number of imidazole rings is 1. The summed E-state index contributed by atoms with van der Waals surface area (Å²) in [6.07, 6.45) is 0.776. The fourth-order valence-electron chi connectivity index (χ4n) is 4.18. The Morgan fingerprint density at radius 2 is 2.00 bits per heavy atom. The van der Waals surface area contributed by atoms with Crippen LogP contribution in [0.15, 0.2) is 12.7 Å². The van der Waals surface area contributed by atoms with Crippen molar-refractivity contribution < 1.29 is 29.6 Å². The summed E-state index contributed by atoms with van der Waals surface area (Å²) >= 11 is 0. The van der Waals surface area contributed by atoms with E-state index in [9.17, 15) is 20.1 Å². The molecule has 2 aromatic rings. The van der Waals surface area contributed by atoms with Gasteiger partial charge in [0.25, 0.3) is 0 Å². The minimum absolute atomic E-state index is 0.111. The van der Waals surface area contributed by atoms with Crippen LogP contribution in [0, 0.1) is 5.41 Å². The number of nitrogens with zero attached hydrogens (tertiary/aromatic N) is 4. The lowest BCUT2D eigenvalue weighted by atomic mass is 9.92. The lowest BCUT2D eigenvalue weighted by Crippen LogP contribution is -2.34. The minimum atomic E-state index is -1.26. The molecule has 3 heterocycles. The molecule has 6 atom stereocenters. The standard InChI is InChI=1S/C21H31N5O6/c1-21(2,3)7-14(28)31-8-13-16(29)17(30)20(32-13)26-10-24-15-18(22-9-23-19(15)26)25-11-5-4-6-12(11)27/h9-13,16-17,20,27,29-30H,4-8H2,1-3H3,(H,22,23,25)/t11-,12?,13?,16-,17-,20?/m1/s1. The van der Waals surface area contributed by atoms with E-state index in [1.54, 1.807) is 0 Å². The highest BCUT2D eigenvalue weighted by molar-refractivity contribution is 5.82. The molecule has 2 aliphatic rings. The highest BCUT2D eigenvalue weighted by Crippen LogP contribution is 2.33. The van der Waals surface area contributed by atoms with Crippen molar-refractivity contribution in [3.8, 4) is 0 Å². The molecule has 32 heavy (non-hydrogen) atoms.